The Labute approximate surface area is 101 Å². The summed E-state index contributed by atoms with van der Waals surface area (Å²) in [5, 5.41) is 0. The maximum atomic E-state index is 11.9. The van der Waals surface area contributed by atoms with E-state index in [1.165, 1.54) is 12.8 Å². The number of hydroxylamine groups is 1. The number of carbonyl (C=O) groups is 2. The molecule has 5 heteroatoms. The summed E-state index contributed by atoms with van der Waals surface area (Å²) in [4.78, 5) is 30.3. The van der Waals surface area contributed by atoms with E-state index in [0.717, 1.165) is 12.8 Å². The van der Waals surface area contributed by atoms with Gasteiger partial charge in [-0.3, -0.25) is 14.4 Å². The fourth-order valence-corrected chi connectivity index (χ4v) is 2.70. The van der Waals surface area contributed by atoms with E-state index in [9.17, 15) is 9.59 Å². The third-order valence-corrected chi connectivity index (χ3v) is 3.61. The van der Waals surface area contributed by atoms with E-state index in [2.05, 4.69) is 5.48 Å². The van der Waals surface area contributed by atoms with Gasteiger partial charge in [0.1, 0.15) is 0 Å². The lowest BCUT2D eigenvalue weighted by atomic mass is 10.1. The largest absolute Gasteiger partial charge is 0.339 e. The van der Waals surface area contributed by atoms with Crippen molar-refractivity contribution in [2.24, 2.45) is 5.92 Å². The molecule has 0 unspecified atom stereocenters. The van der Waals surface area contributed by atoms with Gasteiger partial charge in [0.15, 0.2) is 0 Å². The van der Waals surface area contributed by atoms with Crippen molar-refractivity contribution in [2.45, 2.75) is 45.1 Å². The fourth-order valence-electron chi connectivity index (χ4n) is 2.70. The lowest BCUT2D eigenvalue weighted by Crippen LogP contribution is -2.37. The van der Waals surface area contributed by atoms with Crippen LogP contribution in [0, 0.1) is 5.92 Å². The Morgan fingerprint density at radius 3 is 2.82 bits per heavy atom. The standard InChI is InChI=1S/C12H20N2O3/c1-2-17-13-12(16)9-7-11(15)14(8-9)10-5-3-4-6-10/h9-10H,2-8H2,1H3,(H,13,16)/t9-/m1/s1. The highest BCUT2D eigenvalue weighted by atomic mass is 16.6. The lowest BCUT2D eigenvalue weighted by molar-refractivity contribution is -0.137. The van der Waals surface area contributed by atoms with Gasteiger partial charge in [-0.2, -0.15) is 0 Å². The molecule has 5 nitrogen and oxygen atoms in total. The highest BCUT2D eigenvalue weighted by Gasteiger charge is 2.38. The van der Waals surface area contributed by atoms with E-state index in [1.54, 1.807) is 0 Å². The van der Waals surface area contributed by atoms with Gasteiger partial charge in [-0.05, 0) is 19.8 Å². The van der Waals surface area contributed by atoms with Gasteiger partial charge in [0.2, 0.25) is 11.8 Å². The van der Waals surface area contributed by atoms with E-state index in [0.29, 0.717) is 25.6 Å². The van der Waals surface area contributed by atoms with E-state index >= 15 is 0 Å². The Morgan fingerprint density at radius 2 is 2.18 bits per heavy atom. The third-order valence-electron chi connectivity index (χ3n) is 3.61. The monoisotopic (exact) mass is 240 g/mol. The van der Waals surface area contributed by atoms with Crippen molar-refractivity contribution in [1.29, 1.82) is 0 Å². The van der Waals surface area contributed by atoms with Crippen LogP contribution in [0.4, 0.5) is 0 Å². The van der Waals surface area contributed by atoms with Crippen LogP contribution in [-0.4, -0.2) is 35.9 Å². The van der Waals surface area contributed by atoms with E-state index in [4.69, 9.17) is 4.84 Å². The SMILES string of the molecule is CCONC(=O)[C@@H]1CC(=O)N(C2CCCC2)C1. The second-order valence-corrected chi connectivity index (χ2v) is 4.78. The van der Waals surface area contributed by atoms with E-state index in [1.807, 2.05) is 11.8 Å². The first-order valence-electron chi connectivity index (χ1n) is 6.43. The van der Waals surface area contributed by atoms with Gasteiger partial charge < -0.3 is 4.90 Å². The van der Waals surface area contributed by atoms with Crippen LogP contribution >= 0.6 is 0 Å². The number of hydrogen-bond donors (Lipinski definition) is 1. The average molecular weight is 240 g/mol. The molecule has 1 atom stereocenters. The molecule has 1 aliphatic carbocycles. The molecular weight excluding hydrogens is 220 g/mol. The average Bonchev–Trinajstić information content (AvgIpc) is 2.94. The van der Waals surface area contributed by atoms with Crippen LogP contribution in [-0.2, 0) is 14.4 Å². The number of hydrogen-bond acceptors (Lipinski definition) is 3. The molecule has 1 N–H and O–H groups in total. The van der Waals surface area contributed by atoms with Crippen LogP contribution in [0.5, 0.6) is 0 Å². The molecule has 2 rings (SSSR count). The summed E-state index contributed by atoms with van der Waals surface area (Å²) in [6.45, 7) is 2.81. The molecule has 0 bridgehead atoms. The molecule has 1 saturated carbocycles. The normalized spacial score (nSPS) is 25.6. The molecule has 0 aromatic heterocycles. The minimum atomic E-state index is -0.241. The quantitative estimate of drug-likeness (QED) is 0.741. The number of nitrogens with zero attached hydrogens (tertiary/aromatic N) is 1. The van der Waals surface area contributed by atoms with Crippen LogP contribution in [0.3, 0.4) is 0 Å². The molecule has 2 aliphatic rings. The lowest BCUT2D eigenvalue weighted by Gasteiger charge is -2.23. The summed E-state index contributed by atoms with van der Waals surface area (Å²) in [7, 11) is 0. The first-order chi connectivity index (χ1) is 8.22. The number of nitrogens with one attached hydrogen (secondary N) is 1. The van der Waals surface area contributed by atoms with Crippen molar-refractivity contribution in [3.63, 3.8) is 0 Å². The Balaban J connectivity index is 1.87. The summed E-state index contributed by atoms with van der Waals surface area (Å²) < 4.78 is 0. The number of likely N-dealkylation sites (tertiary alicyclic amines) is 1. The van der Waals surface area contributed by atoms with Crippen LogP contribution in [0.2, 0.25) is 0 Å². The van der Waals surface area contributed by atoms with Crippen molar-refractivity contribution in [1.82, 2.24) is 10.4 Å². The molecule has 1 saturated heterocycles. The van der Waals surface area contributed by atoms with Crippen LogP contribution in [0.25, 0.3) is 0 Å². The predicted octanol–water partition coefficient (Wildman–Crippen LogP) is 0.845. The fraction of sp³-hybridized carbons (Fsp3) is 0.833. The van der Waals surface area contributed by atoms with E-state index < -0.39 is 0 Å². The summed E-state index contributed by atoms with van der Waals surface area (Å²) in [5.74, 6) is -0.288. The van der Waals surface area contributed by atoms with Crippen LogP contribution in [0.1, 0.15) is 39.0 Å². The minimum absolute atomic E-state index is 0.119. The van der Waals surface area contributed by atoms with Crippen LogP contribution < -0.4 is 5.48 Å². The summed E-state index contributed by atoms with van der Waals surface area (Å²) in [5.41, 5.74) is 2.39. The summed E-state index contributed by atoms with van der Waals surface area (Å²) in [6, 6.07) is 0.368. The van der Waals surface area contributed by atoms with Crippen molar-refractivity contribution < 1.29 is 14.4 Å². The molecule has 2 amide bonds. The van der Waals surface area contributed by atoms with Gasteiger partial charge in [0, 0.05) is 19.0 Å². The summed E-state index contributed by atoms with van der Waals surface area (Å²) >= 11 is 0. The van der Waals surface area contributed by atoms with Crippen LogP contribution in [0.15, 0.2) is 0 Å². The Morgan fingerprint density at radius 1 is 1.47 bits per heavy atom. The number of rotatable bonds is 4. The van der Waals surface area contributed by atoms with Gasteiger partial charge in [0.05, 0.1) is 12.5 Å². The third kappa shape index (κ3) is 2.77. The molecule has 1 aliphatic heterocycles. The van der Waals surface area contributed by atoms with Crippen molar-refractivity contribution in [3.05, 3.63) is 0 Å². The minimum Gasteiger partial charge on any atom is -0.339 e. The van der Waals surface area contributed by atoms with E-state index in [-0.39, 0.29) is 17.7 Å². The van der Waals surface area contributed by atoms with Crippen molar-refractivity contribution in [3.8, 4) is 0 Å². The zero-order valence-electron chi connectivity index (χ0n) is 10.3. The Bertz CT molecular complexity index is 300. The van der Waals surface area contributed by atoms with Gasteiger partial charge in [-0.25, -0.2) is 5.48 Å². The Hall–Kier alpha value is -1.10. The maximum absolute atomic E-state index is 11.9. The predicted molar refractivity (Wildman–Crippen MR) is 61.8 cm³/mol. The van der Waals surface area contributed by atoms with Gasteiger partial charge >= 0.3 is 0 Å². The van der Waals surface area contributed by atoms with Gasteiger partial charge in [-0.1, -0.05) is 12.8 Å². The zero-order chi connectivity index (χ0) is 12.3. The molecule has 96 valence electrons. The topological polar surface area (TPSA) is 58.6 Å². The molecule has 0 spiro atoms. The second kappa shape index (κ2) is 5.49. The molecule has 0 aromatic rings. The molecular formula is C12H20N2O3. The van der Waals surface area contributed by atoms with Crippen molar-refractivity contribution in [2.75, 3.05) is 13.2 Å². The number of amides is 2. The zero-order valence-corrected chi connectivity index (χ0v) is 10.3. The molecule has 0 aromatic carbocycles. The first kappa shape index (κ1) is 12.4. The Kier molecular flexibility index (Phi) is 3.99. The first-order valence-corrected chi connectivity index (χ1v) is 6.43. The highest BCUT2D eigenvalue weighted by Crippen LogP contribution is 2.29. The maximum Gasteiger partial charge on any atom is 0.248 e. The number of carbonyl (C=O) groups excluding carboxylic acids is 2. The molecule has 2 fully saturated rings. The molecule has 1 heterocycles. The van der Waals surface area contributed by atoms with Crippen molar-refractivity contribution >= 4 is 11.8 Å². The smallest absolute Gasteiger partial charge is 0.248 e. The van der Waals surface area contributed by atoms with Gasteiger partial charge in [-0.15, -0.1) is 0 Å². The summed E-state index contributed by atoms with van der Waals surface area (Å²) in [6.07, 6.45) is 4.90. The van der Waals surface area contributed by atoms with Gasteiger partial charge in [0.25, 0.3) is 0 Å². The second-order valence-electron chi connectivity index (χ2n) is 4.78. The molecule has 0 radical (unpaired) electrons. The highest BCUT2D eigenvalue weighted by molar-refractivity contribution is 5.89. The molecule has 17 heavy (non-hydrogen) atoms.